The molecule has 0 saturated heterocycles. The topological polar surface area (TPSA) is 70.1 Å². The average Bonchev–Trinajstić information content (AvgIpc) is 2.96. The van der Waals surface area contributed by atoms with Crippen LogP contribution in [0.25, 0.3) is 11.0 Å². The van der Waals surface area contributed by atoms with Gasteiger partial charge in [0, 0.05) is 5.56 Å². The van der Waals surface area contributed by atoms with Crippen molar-refractivity contribution >= 4 is 23.2 Å². The molecule has 104 valence electrons. The van der Waals surface area contributed by atoms with E-state index in [9.17, 15) is 4.79 Å². The Morgan fingerprint density at radius 1 is 1.24 bits per heavy atom. The number of rotatable bonds is 3. The third-order valence-corrected chi connectivity index (χ3v) is 3.14. The highest BCUT2D eigenvalue weighted by molar-refractivity contribution is 5.97. The Labute approximate surface area is 121 Å². The normalized spacial score (nSPS) is 11.1. The maximum atomic E-state index is 12.0. The Bertz CT molecular complexity index is 803. The SMILES string of the molecule is Cc1ccc(/C=N/NC(=O)c2ccc3nc[nH]c3c2)cc1. The molecule has 0 radical (unpaired) electrons. The Morgan fingerprint density at radius 3 is 2.86 bits per heavy atom. The molecule has 3 rings (SSSR count). The van der Waals surface area contributed by atoms with Gasteiger partial charge in [0.2, 0.25) is 0 Å². The zero-order valence-corrected chi connectivity index (χ0v) is 11.5. The van der Waals surface area contributed by atoms with Crippen LogP contribution in [-0.4, -0.2) is 22.1 Å². The first-order valence-corrected chi connectivity index (χ1v) is 6.55. The molecule has 0 aliphatic heterocycles. The minimum atomic E-state index is -0.255. The van der Waals surface area contributed by atoms with E-state index in [0.717, 1.165) is 16.6 Å². The quantitative estimate of drug-likeness (QED) is 0.571. The van der Waals surface area contributed by atoms with Crippen molar-refractivity contribution in [3.63, 3.8) is 0 Å². The van der Waals surface area contributed by atoms with E-state index in [0.29, 0.717) is 5.56 Å². The van der Waals surface area contributed by atoms with Crippen molar-refractivity contribution in [3.8, 4) is 0 Å². The fourth-order valence-electron chi connectivity index (χ4n) is 1.96. The Balaban J connectivity index is 1.69. The van der Waals surface area contributed by atoms with Crippen molar-refractivity contribution in [2.75, 3.05) is 0 Å². The third-order valence-electron chi connectivity index (χ3n) is 3.14. The van der Waals surface area contributed by atoms with Crippen LogP contribution in [0, 0.1) is 6.92 Å². The van der Waals surface area contributed by atoms with Gasteiger partial charge in [0.1, 0.15) is 0 Å². The molecule has 0 fully saturated rings. The molecule has 0 atom stereocenters. The van der Waals surface area contributed by atoms with E-state index in [2.05, 4.69) is 20.5 Å². The number of imidazole rings is 1. The minimum absolute atomic E-state index is 0.255. The Hall–Kier alpha value is -2.95. The lowest BCUT2D eigenvalue weighted by Gasteiger charge is -2.00. The highest BCUT2D eigenvalue weighted by Crippen LogP contribution is 2.11. The maximum Gasteiger partial charge on any atom is 0.271 e. The van der Waals surface area contributed by atoms with Crippen molar-refractivity contribution in [3.05, 3.63) is 65.5 Å². The molecule has 21 heavy (non-hydrogen) atoms. The second-order valence-corrected chi connectivity index (χ2v) is 4.74. The van der Waals surface area contributed by atoms with Gasteiger partial charge in [0.05, 0.1) is 23.6 Å². The lowest BCUT2D eigenvalue weighted by molar-refractivity contribution is 0.0955. The van der Waals surface area contributed by atoms with Crippen LogP contribution >= 0.6 is 0 Å². The van der Waals surface area contributed by atoms with Crippen LogP contribution < -0.4 is 5.43 Å². The van der Waals surface area contributed by atoms with Crippen molar-refractivity contribution < 1.29 is 4.79 Å². The second kappa shape index (κ2) is 5.58. The second-order valence-electron chi connectivity index (χ2n) is 4.74. The summed E-state index contributed by atoms with van der Waals surface area (Å²) in [6.45, 7) is 2.02. The molecule has 2 aromatic carbocycles. The van der Waals surface area contributed by atoms with Crippen LogP contribution in [0.2, 0.25) is 0 Å². The number of fused-ring (bicyclic) bond motifs is 1. The molecular formula is C16H14N4O. The fourth-order valence-corrected chi connectivity index (χ4v) is 1.96. The van der Waals surface area contributed by atoms with Crippen LogP contribution in [-0.2, 0) is 0 Å². The van der Waals surface area contributed by atoms with Crippen LogP contribution in [0.5, 0.6) is 0 Å². The van der Waals surface area contributed by atoms with E-state index in [1.54, 1.807) is 30.7 Å². The number of benzene rings is 2. The fraction of sp³-hybridized carbons (Fsp3) is 0.0625. The van der Waals surface area contributed by atoms with Crippen molar-refractivity contribution in [1.82, 2.24) is 15.4 Å². The molecule has 0 spiro atoms. The van der Waals surface area contributed by atoms with Gasteiger partial charge in [-0.3, -0.25) is 4.79 Å². The lowest BCUT2D eigenvalue weighted by atomic mass is 10.2. The smallest absolute Gasteiger partial charge is 0.271 e. The van der Waals surface area contributed by atoms with Gasteiger partial charge in [-0.1, -0.05) is 29.8 Å². The van der Waals surface area contributed by atoms with Gasteiger partial charge in [-0.25, -0.2) is 10.4 Å². The number of aryl methyl sites for hydroxylation is 1. The monoisotopic (exact) mass is 278 g/mol. The summed E-state index contributed by atoms with van der Waals surface area (Å²) >= 11 is 0. The van der Waals surface area contributed by atoms with E-state index >= 15 is 0 Å². The van der Waals surface area contributed by atoms with Gasteiger partial charge in [-0.2, -0.15) is 5.10 Å². The molecule has 3 aromatic rings. The number of aromatic amines is 1. The molecule has 0 unspecified atom stereocenters. The van der Waals surface area contributed by atoms with Gasteiger partial charge >= 0.3 is 0 Å². The number of amides is 1. The van der Waals surface area contributed by atoms with E-state index in [1.165, 1.54) is 5.56 Å². The average molecular weight is 278 g/mol. The Morgan fingerprint density at radius 2 is 2.05 bits per heavy atom. The maximum absolute atomic E-state index is 12.0. The zero-order chi connectivity index (χ0) is 14.7. The van der Waals surface area contributed by atoms with Crippen LogP contribution in [0.3, 0.4) is 0 Å². The van der Waals surface area contributed by atoms with Crippen LogP contribution in [0.15, 0.2) is 53.9 Å². The first kappa shape index (κ1) is 13.1. The number of nitrogens with one attached hydrogen (secondary N) is 2. The van der Waals surface area contributed by atoms with Crippen LogP contribution in [0.4, 0.5) is 0 Å². The summed E-state index contributed by atoms with van der Waals surface area (Å²) in [5, 5.41) is 3.96. The van der Waals surface area contributed by atoms with Gasteiger partial charge in [-0.05, 0) is 30.7 Å². The number of hydrogen-bond donors (Lipinski definition) is 2. The van der Waals surface area contributed by atoms with Crippen LogP contribution in [0.1, 0.15) is 21.5 Å². The molecule has 0 bridgehead atoms. The molecule has 0 saturated carbocycles. The van der Waals surface area contributed by atoms with Gasteiger partial charge in [0.15, 0.2) is 0 Å². The number of hydrogen-bond acceptors (Lipinski definition) is 3. The number of nitrogens with zero attached hydrogens (tertiary/aromatic N) is 2. The number of H-pyrrole nitrogens is 1. The molecule has 1 heterocycles. The first-order valence-electron chi connectivity index (χ1n) is 6.55. The van der Waals surface area contributed by atoms with Crippen molar-refractivity contribution in [2.45, 2.75) is 6.92 Å². The highest BCUT2D eigenvalue weighted by Gasteiger charge is 2.05. The molecular weight excluding hydrogens is 264 g/mol. The third kappa shape index (κ3) is 2.97. The highest BCUT2D eigenvalue weighted by atomic mass is 16.2. The summed E-state index contributed by atoms with van der Waals surface area (Å²) in [5.41, 5.74) is 6.82. The summed E-state index contributed by atoms with van der Waals surface area (Å²) in [6, 6.07) is 13.2. The number of carbonyl (C=O) groups excluding carboxylic acids is 1. The zero-order valence-electron chi connectivity index (χ0n) is 11.5. The van der Waals surface area contributed by atoms with Gasteiger partial charge in [-0.15, -0.1) is 0 Å². The molecule has 0 aliphatic carbocycles. The molecule has 5 nitrogen and oxygen atoms in total. The lowest BCUT2D eigenvalue weighted by Crippen LogP contribution is -2.17. The van der Waals surface area contributed by atoms with E-state index in [4.69, 9.17) is 0 Å². The Kier molecular flexibility index (Phi) is 3.47. The molecule has 0 aliphatic rings. The van der Waals surface area contributed by atoms with Crippen molar-refractivity contribution in [2.24, 2.45) is 5.10 Å². The summed E-state index contributed by atoms with van der Waals surface area (Å²) in [4.78, 5) is 19.1. The number of carbonyl (C=O) groups is 1. The predicted octanol–water partition coefficient (Wildman–Crippen LogP) is 2.64. The summed E-state index contributed by atoms with van der Waals surface area (Å²) in [6.07, 6.45) is 3.22. The summed E-state index contributed by atoms with van der Waals surface area (Å²) in [7, 11) is 0. The molecule has 1 amide bonds. The largest absolute Gasteiger partial charge is 0.345 e. The first-order chi connectivity index (χ1) is 10.2. The van der Waals surface area contributed by atoms with E-state index in [1.807, 2.05) is 31.2 Å². The van der Waals surface area contributed by atoms with E-state index < -0.39 is 0 Å². The van der Waals surface area contributed by atoms with Gasteiger partial charge < -0.3 is 4.98 Å². The number of aromatic nitrogens is 2. The summed E-state index contributed by atoms with van der Waals surface area (Å²) < 4.78 is 0. The van der Waals surface area contributed by atoms with Gasteiger partial charge in [0.25, 0.3) is 5.91 Å². The standard InChI is InChI=1S/C16H14N4O/c1-11-2-4-12(5-3-11)9-19-20-16(21)13-6-7-14-15(8-13)18-10-17-14/h2-10H,1H3,(H,17,18)(H,20,21)/b19-9+. The van der Waals surface area contributed by atoms with E-state index in [-0.39, 0.29) is 5.91 Å². The molecule has 1 aromatic heterocycles. The van der Waals surface area contributed by atoms with Crippen molar-refractivity contribution in [1.29, 1.82) is 0 Å². The minimum Gasteiger partial charge on any atom is -0.345 e. The predicted molar refractivity (Wildman–Crippen MR) is 82.3 cm³/mol. The molecule has 5 heteroatoms. The molecule has 2 N–H and O–H groups in total. The summed E-state index contributed by atoms with van der Waals surface area (Å²) in [5.74, 6) is -0.255. The number of hydrazone groups is 1.